The molecule has 6 rings (SSSR count). The van der Waals surface area contributed by atoms with Gasteiger partial charge < -0.3 is 29.3 Å². The van der Waals surface area contributed by atoms with Crippen LogP contribution in [-0.4, -0.2) is 96.4 Å². The molecule has 4 aliphatic heterocycles. The second-order valence-electron chi connectivity index (χ2n) is 9.77. The van der Waals surface area contributed by atoms with E-state index in [1.807, 2.05) is 12.1 Å². The minimum Gasteiger partial charge on any atom is -0.543 e. The molecule has 0 aliphatic carbocycles. The number of carboxylic acids is 2. The summed E-state index contributed by atoms with van der Waals surface area (Å²) in [4.78, 5) is 34.0. The number of rotatable bonds is 6. The first-order chi connectivity index (χ1) is 18.5. The van der Waals surface area contributed by atoms with Gasteiger partial charge in [0.1, 0.15) is 0 Å². The minimum absolute atomic E-state index is 0. The van der Waals surface area contributed by atoms with Crippen molar-refractivity contribution in [1.29, 1.82) is 0 Å². The zero-order chi connectivity index (χ0) is 26.5. The number of pyridine rings is 2. The van der Waals surface area contributed by atoms with Gasteiger partial charge in [0, 0.05) is 38.6 Å². The first-order valence-electron chi connectivity index (χ1n) is 12.8. The van der Waals surface area contributed by atoms with Gasteiger partial charge in [-0.25, -0.2) is 0 Å². The van der Waals surface area contributed by atoms with Crippen LogP contribution in [0.4, 0.5) is 0 Å². The van der Waals surface area contributed by atoms with Gasteiger partial charge in [-0.15, -0.1) is 0 Å². The normalized spacial score (nSPS) is 19.7. The van der Waals surface area contributed by atoms with E-state index in [-0.39, 0.29) is 49.1 Å². The fraction of sp³-hybridized carbons (Fsp3) is 0.429. The summed E-state index contributed by atoms with van der Waals surface area (Å²) in [7, 11) is 0. The molecule has 40 heavy (non-hydrogen) atoms. The van der Waals surface area contributed by atoms with E-state index in [4.69, 9.17) is 9.47 Å². The Labute approximate surface area is 257 Å². The minimum atomic E-state index is -1.23. The van der Waals surface area contributed by atoms with Gasteiger partial charge in [-0.05, 0) is 59.4 Å². The van der Waals surface area contributed by atoms with Gasteiger partial charge in [-0.1, -0.05) is 12.2 Å². The van der Waals surface area contributed by atoms with Crippen molar-refractivity contribution in [2.45, 2.75) is 24.9 Å². The summed E-state index contributed by atoms with van der Waals surface area (Å²) in [5.41, 5.74) is 4.21. The van der Waals surface area contributed by atoms with Crippen molar-refractivity contribution in [3.05, 3.63) is 71.3 Å². The van der Waals surface area contributed by atoms with Crippen molar-refractivity contribution in [1.82, 2.24) is 19.8 Å². The summed E-state index contributed by atoms with van der Waals surface area (Å²) >= 11 is 0. The second kappa shape index (κ2) is 15.1. The molecular formula is C28H30Li2N4O6. The molecule has 4 aliphatic rings. The Balaban J connectivity index is 0.000000210. The van der Waals surface area contributed by atoms with Crippen molar-refractivity contribution >= 4 is 23.1 Å². The predicted molar refractivity (Wildman–Crippen MR) is 135 cm³/mol. The van der Waals surface area contributed by atoms with E-state index >= 15 is 0 Å². The fourth-order valence-electron chi connectivity index (χ4n) is 4.91. The van der Waals surface area contributed by atoms with Crippen molar-refractivity contribution in [3.63, 3.8) is 0 Å². The molecule has 6 heterocycles. The van der Waals surface area contributed by atoms with Crippen LogP contribution in [0.15, 0.2) is 48.8 Å². The van der Waals surface area contributed by atoms with Gasteiger partial charge in [0.05, 0.1) is 61.8 Å². The quantitative estimate of drug-likeness (QED) is 0.331. The molecule has 0 bridgehead atoms. The summed E-state index contributed by atoms with van der Waals surface area (Å²) < 4.78 is 10.4. The zero-order valence-corrected chi connectivity index (χ0v) is 23.1. The molecule has 2 aromatic heterocycles. The molecule has 0 unspecified atom stereocenters. The molecular weight excluding hydrogens is 502 g/mol. The number of carbonyl (C=O) groups is 2. The SMILES string of the molecule is O=C([O-])c1cc(C2=CCN(C3COC3)CC2)ccn1.O=C([O-])c1cc(C2=CCN(C3COC3)CC2)ccn1.[Li+].[Li+]. The van der Waals surface area contributed by atoms with Crippen LogP contribution in [0.1, 0.15) is 44.9 Å². The van der Waals surface area contributed by atoms with E-state index in [0.29, 0.717) is 12.1 Å². The average Bonchev–Trinajstić information content (AvgIpc) is 2.88. The fourth-order valence-corrected chi connectivity index (χ4v) is 4.91. The molecule has 0 saturated carbocycles. The molecule has 0 spiro atoms. The van der Waals surface area contributed by atoms with Crippen molar-refractivity contribution in [2.75, 3.05) is 52.6 Å². The van der Waals surface area contributed by atoms with Crippen LogP contribution >= 0.6 is 0 Å². The third-order valence-electron chi connectivity index (χ3n) is 7.43. The molecule has 10 nitrogen and oxygen atoms in total. The maximum atomic E-state index is 10.8. The topological polar surface area (TPSA) is 131 Å². The van der Waals surface area contributed by atoms with Gasteiger partial charge in [0.15, 0.2) is 0 Å². The number of carbonyl (C=O) groups excluding carboxylic acids is 2. The monoisotopic (exact) mass is 532 g/mol. The Morgan fingerprint density at radius 2 is 1.12 bits per heavy atom. The predicted octanol–water partition coefficient (Wildman–Crippen LogP) is -6.13. The Morgan fingerprint density at radius 1 is 0.725 bits per heavy atom. The Morgan fingerprint density at radius 3 is 1.40 bits per heavy atom. The van der Waals surface area contributed by atoms with Gasteiger partial charge in [0.25, 0.3) is 0 Å². The van der Waals surface area contributed by atoms with Gasteiger partial charge >= 0.3 is 37.7 Å². The number of nitrogens with zero attached hydrogens (tertiary/aromatic N) is 4. The summed E-state index contributed by atoms with van der Waals surface area (Å²) in [5.74, 6) is -2.46. The number of aromatic nitrogens is 2. The molecule has 0 radical (unpaired) electrons. The van der Waals surface area contributed by atoms with E-state index in [1.165, 1.54) is 23.5 Å². The van der Waals surface area contributed by atoms with Crippen LogP contribution in [0.3, 0.4) is 0 Å². The van der Waals surface area contributed by atoms with Crippen LogP contribution in [0.25, 0.3) is 11.1 Å². The molecule has 0 N–H and O–H groups in total. The molecule has 12 heteroatoms. The summed E-state index contributed by atoms with van der Waals surface area (Å²) in [6.45, 7) is 7.07. The smallest absolute Gasteiger partial charge is 0.543 e. The molecule has 2 aromatic rings. The van der Waals surface area contributed by atoms with Crippen molar-refractivity contribution in [2.24, 2.45) is 0 Å². The second-order valence-corrected chi connectivity index (χ2v) is 9.77. The van der Waals surface area contributed by atoms with Crippen molar-refractivity contribution < 1.29 is 67.0 Å². The van der Waals surface area contributed by atoms with Crippen molar-refractivity contribution in [3.8, 4) is 0 Å². The van der Waals surface area contributed by atoms with Crippen LogP contribution in [0.5, 0.6) is 0 Å². The first kappa shape index (κ1) is 32.3. The number of hydrogen-bond acceptors (Lipinski definition) is 10. The molecule has 200 valence electrons. The summed E-state index contributed by atoms with van der Waals surface area (Å²) in [5, 5.41) is 21.6. The van der Waals surface area contributed by atoms with E-state index in [0.717, 1.165) is 76.6 Å². The largest absolute Gasteiger partial charge is 1.00 e. The van der Waals surface area contributed by atoms with Crippen LogP contribution in [0, 0.1) is 0 Å². The van der Waals surface area contributed by atoms with Crippen LogP contribution < -0.4 is 47.9 Å². The molecule has 0 amide bonds. The standard InChI is InChI=1S/2C14H16N2O3.2Li/c2*17-14(18)13-7-11(1-4-15-13)10-2-5-16(6-3-10)12-8-19-9-12;;/h2*1-2,4,7,12H,3,5-6,8-9H2,(H,17,18);;/q;;2*+1/p-2. The van der Waals surface area contributed by atoms with Gasteiger partial charge in [-0.2, -0.15) is 0 Å². The Kier molecular flexibility index (Phi) is 12.2. The van der Waals surface area contributed by atoms with E-state index in [1.54, 1.807) is 12.1 Å². The van der Waals surface area contributed by atoms with Gasteiger partial charge in [0.2, 0.25) is 0 Å². The maximum absolute atomic E-state index is 10.8. The molecule has 2 fully saturated rings. The Hall–Kier alpha value is -2.25. The Bertz CT molecular complexity index is 1150. The van der Waals surface area contributed by atoms with E-state index < -0.39 is 11.9 Å². The maximum Gasteiger partial charge on any atom is 1.00 e. The first-order valence-corrected chi connectivity index (χ1v) is 12.8. The third-order valence-corrected chi connectivity index (χ3v) is 7.43. The molecule has 0 atom stereocenters. The van der Waals surface area contributed by atoms with Gasteiger partial charge in [-0.3, -0.25) is 19.8 Å². The number of hydrogen-bond donors (Lipinski definition) is 0. The average molecular weight is 532 g/mol. The zero-order valence-electron chi connectivity index (χ0n) is 23.1. The summed E-state index contributed by atoms with van der Waals surface area (Å²) in [6.07, 6.45) is 9.22. The third kappa shape index (κ3) is 7.94. The summed E-state index contributed by atoms with van der Waals surface area (Å²) in [6, 6.07) is 7.97. The molecule has 2 saturated heterocycles. The van der Waals surface area contributed by atoms with E-state index in [9.17, 15) is 19.8 Å². The number of carboxylic acid groups (broad SMARTS) is 2. The number of aromatic carboxylic acids is 2. The van der Waals surface area contributed by atoms with E-state index in [2.05, 4.69) is 31.9 Å². The van der Waals surface area contributed by atoms with Crippen LogP contribution in [0.2, 0.25) is 0 Å². The molecule has 0 aromatic carbocycles. The number of ether oxygens (including phenoxy) is 2. The van der Waals surface area contributed by atoms with Crippen LogP contribution in [-0.2, 0) is 9.47 Å².